The van der Waals surface area contributed by atoms with Crippen LogP contribution in [0.1, 0.15) is 27.7 Å². The molecule has 2 nitrogen and oxygen atoms in total. The molecule has 0 fully saturated rings. The van der Waals surface area contributed by atoms with Crippen molar-refractivity contribution in [3.63, 3.8) is 0 Å². The van der Waals surface area contributed by atoms with E-state index in [0.29, 0.717) is 12.1 Å². The van der Waals surface area contributed by atoms with Gasteiger partial charge in [-0.15, -0.1) is 0 Å². The molecule has 0 aliphatic heterocycles. The van der Waals surface area contributed by atoms with Gasteiger partial charge in [-0.2, -0.15) is 0 Å². The fourth-order valence-corrected chi connectivity index (χ4v) is 0. The van der Waals surface area contributed by atoms with Crippen molar-refractivity contribution in [3.8, 4) is 0 Å². The third-order valence-electron chi connectivity index (χ3n) is 0. The van der Waals surface area contributed by atoms with Crippen molar-refractivity contribution in [1.29, 1.82) is 0 Å². The Balaban J connectivity index is -0.00000000800. The summed E-state index contributed by atoms with van der Waals surface area (Å²) in [5.41, 5.74) is 7.28. The zero-order chi connectivity index (χ0) is 7.15. The molecule has 90 valence electrons. The van der Waals surface area contributed by atoms with Crippen molar-refractivity contribution in [2.45, 2.75) is 39.8 Å². The van der Waals surface area contributed by atoms with Gasteiger partial charge < -0.3 is 65.5 Å². The first-order valence-corrected chi connectivity index (χ1v) is 3.13. The van der Waals surface area contributed by atoms with Gasteiger partial charge in [-0.25, -0.2) is 0 Å². The zero-order valence-electron chi connectivity index (χ0n) is 8.61. The maximum Gasteiger partial charge on any atom is 0.0786 e. The fraction of sp³-hybridized carbons (Fsp3) is 1.00. The van der Waals surface area contributed by atoms with Crippen molar-refractivity contribution in [2.75, 3.05) is 0 Å². The Morgan fingerprint density at radius 2 is 0.615 bits per heavy atom. The van der Waals surface area contributed by atoms with Crippen LogP contribution in [0, 0.1) is 0 Å². The molecule has 0 unspecified atom stereocenters. The van der Waals surface area contributed by atoms with Crippen molar-refractivity contribution in [3.05, 3.63) is 0 Å². The molecule has 0 aromatic rings. The molecule has 0 aliphatic carbocycles. The number of hydrogen-bond acceptors (Lipinski definition) is 0. The molecule has 0 atom stereocenters. The summed E-state index contributed by atoms with van der Waals surface area (Å²) in [7, 11) is 0. The topological polar surface area (TPSA) is 55.3 Å². The van der Waals surface area contributed by atoms with E-state index in [4.69, 9.17) is 0 Å². The van der Waals surface area contributed by atoms with E-state index >= 15 is 0 Å². The van der Waals surface area contributed by atoms with Crippen LogP contribution in [0.4, 0.5) is 0 Å². The number of quaternary nitrogens is 2. The maximum absolute atomic E-state index is 3.64. The normalized spacial score (nSPS) is 5.54. The van der Waals surface area contributed by atoms with E-state index in [1.165, 1.54) is 0 Å². The molecule has 0 aromatic carbocycles. The van der Waals surface area contributed by atoms with Gasteiger partial charge in [-0.1, -0.05) is 0 Å². The Morgan fingerprint density at radius 3 is 0.615 bits per heavy atom. The molecule has 0 saturated heterocycles. The Morgan fingerprint density at radius 1 is 0.615 bits per heavy atom. The molecular weight excluding hydrogens is 324 g/mol. The summed E-state index contributed by atoms with van der Waals surface area (Å²) in [6.45, 7) is 8.22. The van der Waals surface area contributed by atoms with Gasteiger partial charge in [-0.05, 0) is 27.7 Å². The van der Waals surface area contributed by atoms with Crippen LogP contribution in [-0.4, -0.2) is 12.1 Å². The molecule has 0 heterocycles. The van der Waals surface area contributed by atoms with Gasteiger partial charge in [0.15, 0.2) is 0 Å². The van der Waals surface area contributed by atoms with Gasteiger partial charge in [0.05, 0.1) is 12.1 Å². The predicted octanol–water partition coefficient (Wildman–Crippen LogP) is -0.739. The molecule has 7 heteroatoms. The zero-order valence-corrected chi connectivity index (χ0v) is 13.9. The monoisotopic (exact) mass is 346 g/mol. The molecule has 6 N–H and O–H groups in total. The van der Waals surface area contributed by atoms with Crippen LogP contribution in [0.25, 0.3) is 0 Å². The molecule has 0 radical (unpaired) electrons. The average Bonchev–Trinajstić information content (AvgIpc) is 1.25. The third kappa shape index (κ3) is 501. The van der Waals surface area contributed by atoms with E-state index in [1.54, 1.807) is 0 Å². The second kappa shape index (κ2) is 37.0. The molecule has 13 heavy (non-hydrogen) atoms. The molecule has 0 aliphatic rings. The predicted molar refractivity (Wildman–Crippen MR) is 65.5 cm³/mol. The molecule has 0 saturated carbocycles. The van der Waals surface area contributed by atoms with Crippen molar-refractivity contribution in [1.82, 2.24) is 0 Å². The first-order chi connectivity index (χ1) is 3.46. The van der Waals surface area contributed by atoms with Crippen molar-refractivity contribution >= 4 is 54.0 Å². The number of rotatable bonds is 0. The smallest absolute Gasteiger partial charge is 0.0786 e. The van der Waals surface area contributed by atoms with Crippen LogP contribution >= 0.6 is 0 Å². The van der Waals surface area contributed by atoms with Gasteiger partial charge in [0.2, 0.25) is 0 Å². The summed E-state index contributed by atoms with van der Waals surface area (Å²) in [6, 6.07) is 1.17. The average molecular weight is 344 g/mol. The first kappa shape index (κ1) is 45.9. The summed E-state index contributed by atoms with van der Waals surface area (Å²) in [5.74, 6) is 0. The van der Waals surface area contributed by atoms with Crippen LogP contribution in [0.5, 0.6) is 0 Å². The second-order valence-corrected chi connectivity index (χ2v) is 2.79. The van der Waals surface area contributed by atoms with E-state index in [0.717, 1.165) is 0 Å². The standard InChI is InChI=1S/2C3H9N.Mo.4S/c2*1-3(2)4;;;;;/h2*3H,4H2,1-2H3;;;;;/q;;;4*-2/p+2. The van der Waals surface area contributed by atoms with Gasteiger partial charge in [0.25, 0.3) is 0 Å². The molecule has 0 amide bonds. The Kier molecular flexibility index (Phi) is 131. The van der Waals surface area contributed by atoms with E-state index < -0.39 is 0 Å². The first-order valence-electron chi connectivity index (χ1n) is 3.13. The van der Waals surface area contributed by atoms with E-state index in [9.17, 15) is 0 Å². The summed E-state index contributed by atoms with van der Waals surface area (Å²) >= 11 is 0. The summed E-state index contributed by atoms with van der Waals surface area (Å²) in [4.78, 5) is 0. The van der Waals surface area contributed by atoms with E-state index in [-0.39, 0.29) is 75.0 Å². The molecule has 0 rings (SSSR count). The summed E-state index contributed by atoms with van der Waals surface area (Å²) < 4.78 is 0. The number of hydrogen-bond donors (Lipinski definition) is 2. The largest absolute Gasteiger partial charge is 2.00 e. The maximum atomic E-state index is 3.64. The minimum Gasteiger partial charge on any atom is -2.00 e. The molecule has 0 aromatic heterocycles. The summed E-state index contributed by atoms with van der Waals surface area (Å²) in [5, 5.41) is 0. The van der Waals surface area contributed by atoms with Gasteiger partial charge >= 0.3 is 0 Å². The van der Waals surface area contributed by atoms with E-state index in [2.05, 4.69) is 39.2 Å². The van der Waals surface area contributed by atoms with Crippen LogP contribution in [0.15, 0.2) is 0 Å². The fourth-order valence-electron chi connectivity index (χ4n) is 0. The quantitative estimate of drug-likeness (QED) is 0.544. The second-order valence-electron chi connectivity index (χ2n) is 2.79. The minimum atomic E-state index is 0. The minimum absolute atomic E-state index is 0. The van der Waals surface area contributed by atoms with Crippen LogP contribution in [0.3, 0.4) is 0 Å². The molecule has 0 spiro atoms. The van der Waals surface area contributed by atoms with Crippen LogP contribution in [0.2, 0.25) is 0 Å². The van der Waals surface area contributed by atoms with Gasteiger partial charge in [0, 0.05) is 21.1 Å². The van der Waals surface area contributed by atoms with Crippen LogP contribution in [-0.2, 0) is 75.0 Å². The molecular formula is C6H20MoN2S4-6. The van der Waals surface area contributed by atoms with Crippen molar-refractivity contribution in [2.24, 2.45) is 0 Å². The van der Waals surface area contributed by atoms with Gasteiger partial charge in [-0.3, -0.25) is 0 Å². The van der Waals surface area contributed by atoms with Crippen molar-refractivity contribution < 1.29 is 32.5 Å². The third-order valence-corrected chi connectivity index (χ3v) is 0. The van der Waals surface area contributed by atoms with Crippen LogP contribution < -0.4 is 11.5 Å². The Labute approximate surface area is 125 Å². The Hall–Kier alpha value is 2.01. The van der Waals surface area contributed by atoms with Gasteiger partial charge in [0.1, 0.15) is 0 Å². The summed E-state index contributed by atoms with van der Waals surface area (Å²) in [6.07, 6.45) is 0. The molecule has 0 bridgehead atoms. The SMILES string of the molecule is CC(C)[NH3+].CC(C)[NH3+].[Mo].[S-2].[S-2].[S-2].[S-2]. The van der Waals surface area contributed by atoms with E-state index in [1.807, 2.05) is 0 Å². The Bertz CT molecular complexity index is 38.1.